The predicted octanol–water partition coefficient (Wildman–Crippen LogP) is 5.20. The van der Waals surface area contributed by atoms with Gasteiger partial charge in [-0.25, -0.2) is 4.98 Å². The summed E-state index contributed by atoms with van der Waals surface area (Å²) in [4.78, 5) is 29.2. The molecule has 37 heavy (non-hydrogen) atoms. The maximum atomic E-state index is 12.7. The first-order chi connectivity index (χ1) is 17.3. The second-order valence-electron chi connectivity index (χ2n) is 7.84. The number of amides is 2. The highest BCUT2D eigenvalue weighted by molar-refractivity contribution is 6.30. The number of pyridine rings is 1. The van der Waals surface area contributed by atoms with Gasteiger partial charge in [0, 0.05) is 21.8 Å². The number of rotatable bonds is 6. The molecule has 0 aliphatic rings. The smallest absolute Gasteiger partial charge is 0.292 e. The summed E-state index contributed by atoms with van der Waals surface area (Å²) in [6, 6.07) is 17.3. The van der Waals surface area contributed by atoms with Crippen molar-refractivity contribution in [3.63, 3.8) is 0 Å². The second kappa shape index (κ2) is 11.6. The molecule has 4 aromatic rings. The van der Waals surface area contributed by atoms with E-state index in [-0.39, 0.29) is 46.9 Å². The van der Waals surface area contributed by atoms with Crippen molar-refractivity contribution < 1.29 is 19.1 Å². The van der Waals surface area contributed by atoms with E-state index in [1.807, 2.05) is 0 Å². The number of aromatic hydroxyl groups is 1. The van der Waals surface area contributed by atoms with Crippen LogP contribution in [0.15, 0.2) is 71.3 Å². The number of benzene rings is 2. The first-order valence-electron chi connectivity index (χ1n) is 10.7. The number of halogens is 2. The van der Waals surface area contributed by atoms with Crippen LogP contribution in [0.3, 0.4) is 0 Å². The van der Waals surface area contributed by atoms with Gasteiger partial charge < -0.3 is 25.9 Å². The monoisotopic (exact) mass is 537 g/mol. The Bertz CT molecular complexity index is 1500. The lowest BCUT2D eigenvalue weighted by molar-refractivity contribution is -0.117. The lowest BCUT2D eigenvalue weighted by atomic mass is 9.97. The van der Waals surface area contributed by atoms with E-state index in [2.05, 4.69) is 21.7 Å². The molecule has 4 rings (SSSR count). The maximum Gasteiger partial charge on any atom is 0.292 e. The highest BCUT2D eigenvalue weighted by Gasteiger charge is 2.20. The van der Waals surface area contributed by atoms with Crippen molar-refractivity contribution in [2.75, 3.05) is 10.6 Å². The molecule has 0 fully saturated rings. The third-order valence-electron chi connectivity index (χ3n) is 5.20. The van der Waals surface area contributed by atoms with Gasteiger partial charge in [-0.05, 0) is 61.0 Å². The van der Waals surface area contributed by atoms with Gasteiger partial charge in [0.25, 0.3) is 5.91 Å². The van der Waals surface area contributed by atoms with Crippen molar-refractivity contribution in [2.24, 2.45) is 5.73 Å². The van der Waals surface area contributed by atoms with E-state index >= 15 is 0 Å². The average molecular weight is 538 g/mol. The third-order valence-corrected chi connectivity index (χ3v) is 5.43. The van der Waals surface area contributed by atoms with Crippen LogP contribution in [0, 0.1) is 11.3 Å². The minimum absolute atomic E-state index is 0. The van der Waals surface area contributed by atoms with E-state index in [0.29, 0.717) is 27.4 Å². The normalized spacial score (nSPS) is 11.1. The Hall–Kier alpha value is -4.36. The van der Waals surface area contributed by atoms with Gasteiger partial charge in [-0.2, -0.15) is 5.26 Å². The standard InChI is InChI=1S/C26H20ClN5O4.ClH/c1-14(29)25(34)30-17-5-2-4-15(10-17)19-12-21(18-8-7-16(27)11-22(18)33)31-24(20(19)13-28)32-26(35)23-6-3-9-36-23;/h2-12,14,33H,29H2,1H3,(H,30,34)(H,31,32,35);1H. The van der Waals surface area contributed by atoms with Crippen molar-refractivity contribution in [3.8, 4) is 34.2 Å². The molecule has 1 atom stereocenters. The highest BCUT2D eigenvalue weighted by Crippen LogP contribution is 2.37. The predicted molar refractivity (Wildman–Crippen MR) is 143 cm³/mol. The van der Waals surface area contributed by atoms with Crippen LogP contribution in [0.4, 0.5) is 11.5 Å². The van der Waals surface area contributed by atoms with E-state index in [9.17, 15) is 20.0 Å². The number of nitrogens with zero attached hydrogens (tertiary/aromatic N) is 2. The Morgan fingerprint density at radius 2 is 1.89 bits per heavy atom. The summed E-state index contributed by atoms with van der Waals surface area (Å²) in [5, 5.41) is 26.2. The molecule has 0 aliphatic carbocycles. The number of nitrogens with one attached hydrogen (secondary N) is 2. The number of anilines is 2. The molecule has 2 amide bonds. The molecule has 0 saturated carbocycles. The molecule has 0 saturated heterocycles. The van der Waals surface area contributed by atoms with Gasteiger partial charge >= 0.3 is 0 Å². The quantitative estimate of drug-likeness (QED) is 0.263. The van der Waals surface area contributed by atoms with Gasteiger partial charge in [-0.15, -0.1) is 12.4 Å². The molecule has 0 aliphatic heterocycles. The Morgan fingerprint density at radius 3 is 2.54 bits per heavy atom. The fourth-order valence-electron chi connectivity index (χ4n) is 3.43. The average Bonchev–Trinajstić information content (AvgIpc) is 3.39. The Kier molecular flexibility index (Phi) is 8.52. The topological polar surface area (TPSA) is 154 Å². The van der Waals surface area contributed by atoms with E-state index in [0.717, 1.165) is 0 Å². The number of carbonyl (C=O) groups is 2. The summed E-state index contributed by atoms with van der Waals surface area (Å²) >= 11 is 5.98. The molecular formula is C26H21Cl2N5O4. The number of aromatic nitrogens is 1. The number of hydrogen-bond donors (Lipinski definition) is 4. The van der Waals surface area contributed by atoms with Crippen LogP contribution in [-0.2, 0) is 4.79 Å². The lowest BCUT2D eigenvalue weighted by Crippen LogP contribution is -2.32. The van der Waals surface area contributed by atoms with Gasteiger partial charge in [-0.3, -0.25) is 9.59 Å². The molecule has 11 heteroatoms. The molecule has 2 aromatic heterocycles. The van der Waals surface area contributed by atoms with Crippen molar-refractivity contribution in [2.45, 2.75) is 13.0 Å². The fourth-order valence-corrected chi connectivity index (χ4v) is 3.60. The number of nitriles is 1. The van der Waals surface area contributed by atoms with Crippen molar-refractivity contribution in [3.05, 3.63) is 83.3 Å². The van der Waals surface area contributed by atoms with Crippen molar-refractivity contribution >= 4 is 47.3 Å². The van der Waals surface area contributed by atoms with E-state index in [4.69, 9.17) is 21.8 Å². The van der Waals surface area contributed by atoms with Crippen LogP contribution in [0.25, 0.3) is 22.4 Å². The number of furan rings is 1. The van der Waals surface area contributed by atoms with E-state index in [1.165, 1.54) is 18.4 Å². The van der Waals surface area contributed by atoms with Crippen LogP contribution in [-0.4, -0.2) is 27.9 Å². The van der Waals surface area contributed by atoms with Crippen molar-refractivity contribution in [1.29, 1.82) is 5.26 Å². The number of phenolic OH excluding ortho intramolecular Hbond substituents is 1. The summed E-state index contributed by atoms with van der Waals surface area (Å²) in [6.07, 6.45) is 1.35. The number of hydrogen-bond acceptors (Lipinski definition) is 7. The fraction of sp³-hybridized carbons (Fsp3) is 0.0769. The molecule has 0 radical (unpaired) electrons. The molecule has 0 bridgehead atoms. The van der Waals surface area contributed by atoms with Gasteiger partial charge in [0.1, 0.15) is 17.4 Å². The number of phenols is 1. The van der Waals surface area contributed by atoms with Gasteiger partial charge in [0.2, 0.25) is 5.91 Å². The molecule has 188 valence electrons. The summed E-state index contributed by atoms with van der Waals surface area (Å²) in [7, 11) is 0. The Morgan fingerprint density at radius 1 is 1.11 bits per heavy atom. The molecule has 2 aromatic carbocycles. The maximum absolute atomic E-state index is 12.7. The first kappa shape index (κ1) is 27.2. The summed E-state index contributed by atoms with van der Waals surface area (Å²) in [5.41, 5.74) is 7.76. The second-order valence-corrected chi connectivity index (χ2v) is 8.28. The van der Waals surface area contributed by atoms with E-state index < -0.39 is 11.9 Å². The summed E-state index contributed by atoms with van der Waals surface area (Å²) in [5.74, 6) is -1.12. The van der Waals surface area contributed by atoms with Gasteiger partial charge in [0.15, 0.2) is 11.6 Å². The third kappa shape index (κ3) is 6.08. The Labute approximate surface area is 223 Å². The molecule has 0 spiro atoms. The summed E-state index contributed by atoms with van der Waals surface area (Å²) < 4.78 is 5.15. The van der Waals surface area contributed by atoms with Crippen LogP contribution < -0.4 is 16.4 Å². The molecule has 2 heterocycles. The minimum Gasteiger partial charge on any atom is -0.507 e. The number of nitrogens with two attached hydrogens (primary N) is 1. The van der Waals surface area contributed by atoms with Crippen molar-refractivity contribution in [1.82, 2.24) is 4.98 Å². The zero-order valence-electron chi connectivity index (χ0n) is 19.4. The molecular weight excluding hydrogens is 517 g/mol. The zero-order chi connectivity index (χ0) is 25.8. The van der Waals surface area contributed by atoms with Gasteiger partial charge in [-0.1, -0.05) is 23.7 Å². The zero-order valence-corrected chi connectivity index (χ0v) is 20.9. The SMILES string of the molecule is CC(N)C(=O)Nc1cccc(-c2cc(-c3ccc(Cl)cc3O)nc(NC(=O)c3ccco3)c2C#N)c1.Cl. The van der Waals surface area contributed by atoms with E-state index in [1.54, 1.807) is 55.5 Å². The van der Waals surface area contributed by atoms with Crippen LogP contribution in [0.1, 0.15) is 23.0 Å². The first-order valence-corrected chi connectivity index (χ1v) is 11.1. The number of carbonyl (C=O) groups excluding carboxylic acids is 2. The minimum atomic E-state index is -0.716. The molecule has 1 unspecified atom stereocenters. The highest BCUT2D eigenvalue weighted by atomic mass is 35.5. The Balaban J connectivity index is 0.00000380. The largest absolute Gasteiger partial charge is 0.507 e. The van der Waals surface area contributed by atoms with Crippen LogP contribution >= 0.6 is 24.0 Å². The molecule has 9 nitrogen and oxygen atoms in total. The lowest BCUT2D eigenvalue weighted by Gasteiger charge is -2.15. The van der Waals surface area contributed by atoms with Crippen LogP contribution in [0.2, 0.25) is 5.02 Å². The molecule has 5 N–H and O–H groups in total. The van der Waals surface area contributed by atoms with Gasteiger partial charge in [0.05, 0.1) is 18.0 Å². The summed E-state index contributed by atoms with van der Waals surface area (Å²) in [6.45, 7) is 1.56. The van der Waals surface area contributed by atoms with Crippen LogP contribution in [0.5, 0.6) is 5.75 Å².